The molecule has 1 aromatic heterocycles. The van der Waals surface area contributed by atoms with E-state index in [1.165, 1.54) is 6.07 Å². The third kappa shape index (κ3) is 3.24. The van der Waals surface area contributed by atoms with Crippen LogP contribution >= 0.6 is 0 Å². The first-order valence-electron chi connectivity index (χ1n) is 5.57. The van der Waals surface area contributed by atoms with E-state index in [2.05, 4.69) is 10.3 Å². The molecule has 102 valence electrons. The standard InChI is InChI=1S/C12H11F3N2O2/c13-12(14,15)8-2-4-10(16-6-8)17-9-3-1-7(5-9)11(18)19/h1-4,6-7,9H,5H2,(H,16,17)(H,18,19). The average molecular weight is 272 g/mol. The molecule has 0 aromatic carbocycles. The van der Waals surface area contributed by atoms with Crippen LogP contribution in [0.5, 0.6) is 0 Å². The summed E-state index contributed by atoms with van der Waals surface area (Å²) in [6.45, 7) is 0. The molecule has 0 spiro atoms. The fourth-order valence-corrected chi connectivity index (χ4v) is 1.83. The Morgan fingerprint density at radius 2 is 2.11 bits per heavy atom. The Morgan fingerprint density at radius 3 is 2.58 bits per heavy atom. The zero-order valence-corrected chi connectivity index (χ0v) is 9.69. The van der Waals surface area contributed by atoms with Crippen LogP contribution in [0, 0.1) is 5.92 Å². The van der Waals surface area contributed by atoms with E-state index in [0.717, 1.165) is 12.3 Å². The normalized spacial score (nSPS) is 22.5. The monoisotopic (exact) mass is 272 g/mol. The summed E-state index contributed by atoms with van der Waals surface area (Å²) in [5, 5.41) is 11.7. The number of nitrogens with zero attached hydrogens (tertiary/aromatic N) is 1. The predicted octanol–water partition coefficient (Wildman–Crippen LogP) is 2.54. The van der Waals surface area contributed by atoms with Crippen LogP contribution in [0.1, 0.15) is 12.0 Å². The second kappa shape index (κ2) is 4.91. The minimum absolute atomic E-state index is 0.231. The molecule has 4 nitrogen and oxygen atoms in total. The van der Waals surface area contributed by atoms with Crippen molar-refractivity contribution in [2.75, 3.05) is 5.32 Å². The molecule has 0 fully saturated rings. The van der Waals surface area contributed by atoms with Crippen molar-refractivity contribution < 1.29 is 23.1 Å². The molecule has 2 unspecified atom stereocenters. The SMILES string of the molecule is O=C(O)C1C=CC(Nc2ccc(C(F)(F)F)cn2)C1. The summed E-state index contributed by atoms with van der Waals surface area (Å²) in [6.07, 6.45) is -0.0663. The van der Waals surface area contributed by atoms with E-state index in [1.54, 1.807) is 12.2 Å². The molecule has 0 saturated heterocycles. The molecule has 2 atom stereocenters. The number of aliphatic carboxylic acids is 1. The van der Waals surface area contributed by atoms with Gasteiger partial charge < -0.3 is 10.4 Å². The number of carbonyl (C=O) groups is 1. The van der Waals surface area contributed by atoms with Gasteiger partial charge in [0.15, 0.2) is 0 Å². The summed E-state index contributed by atoms with van der Waals surface area (Å²) < 4.78 is 37.0. The molecule has 0 amide bonds. The molecule has 7 heteroatoms. The molecule has 0 saturated carbocycles. The second-order valence-corrected chi connectivity index (χ2v) is 4.25. The maximum atomic E-state index is 12.3. The number of aromatic nitrogens is 1. The van der Waals surface area contributed by atoms with Gasteiger partial charge >= 0.3 is 12.1 Å². The summed E-state index contributed by atoms with van der Waals surface area (Å²) in [6, 6.07) is 1.93. The van der Waals surface area contributed by atoms with Gasteiger partial charge in [-0.15, -0.1) is 0 Å². The molecule has 1 heterocycles. The van der Waals surface area contributed by atoms with Crippen molar-refractivity contribution in [3.8, 4) is 0 Å². The smallest absolute Gasteiger partial charge is 0.417 e. The molecule has 19 heavy (non-hydrogen) atoms. The number of carboxylic acids is 1. The van der Waals surface area contributed by atoms with Crippen LogP contribution in [-0.4, -0.2) is 22.1 Å². The molecular formula is C12H11F3N2O2. The van der Waals surface area contributed by atoms with Gasteiger partial charge in [0.25, 0.3) is 0 Å². The number of nitrogens with one attached hydrogen (secondary N) is 1. The Bertz CT molecular complexity index is 497. The van der Waals surface area contributed by atoms with Crippen LogP contribution in [-0.2, 0) is 11.0 Å². The molecule has 1 aliphatic carbocycles. The van der Waals surface area contributed by atoms with Gasteiger partial charge in [-0.3, -0.25) is 4.79 Å². The lowest BCUT2D eigenvalue weighted by atomic mass is 10.1. The number of rotatable bonds is 3. The molecule has 1 aliphatic rings. The van der Waals surface area contributed by atoms with Gasteiger partial charge in [0, 0.05) is 12.2 Å². The quantitative estimate of drug-likeness (QED) is 0.830. The highest BCUT2D eigenvalue weighted by atomic mass is 19.4. The molecule has 2 N–H and O–H groups in total. The van der Waals surface area contributed by atoms with Crippen molar-refractivity contribution in [3.63, 3.8) is 0 Å². The Balaban J connectivity index is 1.98. The van der Waals surface area contributed by atoms with Crippen LogP contribution in [0.2, 0.25) is 0 Å². The molecule has 1 aromatic rings. The first-order valence-corrected chi connectivity index (χ1v) is 5.57. The van der Waals surface area contributed by atoms with Crippen molar-refractivity contribution >= 4 is 11.8 Å². The van der Waals surface area contributed by atoms with Crippen molar-refractivity contribution in [2.24, 2.45) is 5.92 Å². The Hall–Kier alpha value is -2.05. The highest BCUT2D eigenvalue weighted by Gasteiger charge is 2.31. The van der Waals surface area contributed by atoms with Gasteiger partial charge in [-0.05, 0) is 18.6 Å². The minimum Gasteiger partial charge on any atom is -0.481 e. The highest BCUT2D eigenvalue weighted by Crippen LogP contribution is 2.29. The van der Waals surface area contributed by atoms with Crippen molar-refractivity contribution in [3.05, 3.63) is 36.0 Å². The third-order valence-corrected chi connectivity index (χ3v) is 2.82. The van der Waals surface area contributed by atoms with Gasteiger partial charge in [0.1, 0.15) is 5.82 Å². The Kier molecular flexibility index (Phi) is 3.46. The van der Waals surface area contributed by atoms with E-state index < -0.39 is 23.6 Å². The van der Waals surface area contributed by atoms with Crippen molar-refractivity contribution in [1.82, 2.24) is 4.98 Å². The Labute approximate surface area is 107 Å². The van der Waals surface area contributed by atoms with Crippen LogP contribution < -0.4 is 5.32 Å². The van der Waals surface area contributed by atoms with Gasteiger partial charge in [0.05, 0.1) is 11.5 Å². The lowest BCUT2D eigenvalue weighted by Crippen LogP contribution is -2.19. The van der Waals surface area contributed by atoms with Gasteiger partial charge in [-0.2, -0.15) is 13.2 Å². The maximum absolute atomic E-state index is 12.3. The number of anilines is 1. The largest absolute Gasteiger partial charge is 0.481 e. The van der Waals surface area contributed by atoms with E-state index in [1.807, 2.05) is 0 Å². The number of alkyl halides is 3. The maximum Gasteiger partial charge on any atom is 0.417 e. The zero-order valence-electron chi connectivity index (χ0n) is 9.69. The summed E-state index contributed by atoms with van der Waals surface area (Å²) >= 11 is 0. The van der Waals surface area contributed by atoms with Crippen molar-refractivity contribution in [2.45, 2.75) is 18.6 Å². The number of hydrogen-bond acceptors (Lipinski definition) is 3. The molecule has 0 radical (unpaired) electrons. The minimum atomic E-state index is -4.41. The van der Waals surface area contributed by atoms with Crippen LogP contribution in [0.3, 0.4) is 0 Å². The number of halogens is 3. The summed E-state index contributed by atoms with van der Waals surface area (Å²) in [7, 11) is 0. The number of pyridine rings is 1. The molecule has 2 rings (SSSR count). The van der Waals surface area contributed by atoms with Crippen LogP contribution in [0.25, 0.3) is 0 Å². The van der Waals surface area contributed by atoms with Gasteiger partial charge in [-0.1, -0.05) is 12.2 Å². The van der Waals surface area contributed by atoms with E-state index in [4.69, 9.17) is 5.11 Å². The summed E-state index contributed by atoms with van der Waals surface area (Å²) in [5.74, 6) is -1.19. The van der Waals surface area contributed by atoms with E-state index in [9.17, 15) is 18.0 Å². The predicted molar refractivity (Wildman–Crippen MR) is 61.5 cm³/mol. The third-order valence-electron chi connectivity index (χ3n) is 2.82. The first kappa shape index (κ1) is 13.4. The summed E-state index contributed by atoms with van der Waals surface area (Å²) in [5.41, 5.74) is -0.816. The molecule has 0 bridgehead atoms. The topological polar surface area (TPSA) is 62.2 Å². The lowest BCUT2D eigenvalue weighted by Gasteiger charge is -2.13. The zero-order chi connectivity index (χ0) is 14.0. The van der Waals surface area contributed by atoms with Gasteiger partial charge in [-0.25, -0.2) is 4.98 Å². The van der Waals surface area contributed by atoms with E-state index in [0.29, 0.717) is 6.42 Å². The Morgan fingerprint density at radius 1 is 1.37 bits per heavy atom. The lowest BCUT2D eigenvalue weighted by molar-refractivity contribution is -0.140. The fourth-order valence-electron chi connectivity index (χ4n) is 1.83. The van der Waals surface area contributed by atoms with E-state index in [-0.39, 0.29) is 11.9 Å². The van der Waals surface area contributed by atoms with Crippen LogP contribution in [0.4, 0.5) is 19.0 Å². The number of carboxylic acid groups (broad SMARTS) is 1. The number of hydrogen-bond donors (Lipinski definition) is 2. The second-order valence-electron chi connectivity index (χ2n) is 4.25. The van der Waals surface area contributed by atoms with E-state index >= 15 is 0 Å². The average Bonchev–Trinajstić information content (AvgIpc) is 2.77. The first-order chi connectivity index (χ1) is 8.86. The van der Waals surface area contributed by atoms with Gasteiger partial charge in [0.2, 0.25) is 0 Å². The highest BCUT2D eigenvalue weighted by molar-refractivity contribution is 5.73. The molecular weight excluding hydrogens is 261 g/mol. The fraction of sp³-hybridized carbons (Fsp3) is 0.333. The molecule has 0 aliphatic heterocycles. The van der Waals surface area contributed by atoms with Crippen molar-refractivity contribution in [1.29, 1.82) is 0 Å². The van der Waals surface area contributed by atoms with Crippen LogP contribution in [0.15, 0.2) is 30.5 Å². The summed E-state index contributed by atoms with van der Waals surface area (Å²) in [4.78, 5) is 14.4.